The van der Waals surface area contributed by atoms with Gasteiger partial charge in [-0.25, -0.2) is 4.39 Å². The lowest BCUT2D eigenvalue weighted by Crippen LogP contribution is -2.17. The largest absolute Gasteiger partial charge is 0.467 e. The molecule has 0 atom stereocenters. The monoisotopic (exact) mass is 298 g/mol. The van der Waals surface area contributed by atoms with Crippen LogP contribution in [0.5, 0.6) is 0 Å². The van der Waals surface area contributed by atoms with Crippen LogP contribution in [0.2, 0.25) is 0 Å². The van der Waals surface area contributed by atoms with Crippen molar-refractivity contribution in [2.75, 3.05) is 17.7 Å². The number of nitrogens with two attached hydrogens (primary N) is 1. The second kappa shape index (κ2) is 4.79. The van der Waals surface area contributed by atoms with Gasteiger partial charge in [0, 0.05) is 13.1 Å². The molecule has 0 aliphatic carbocycles. The molecule has 0 saturated carbocycles. The van der Waals surface area contributed by atoms with E-state index in [0.29, 0.717) is 16.7 Å². The standard InChI is InChI=1S/C12H12BrFN2O/c1-16(7-8-3-2-4-17-8)12-5-9(13)10(14)6-11(12)15/h2-6H,7,15H2,1H3. The van der Waals surface area contributed by atoms with Crippen LogP contribution in [0.3, 0.4) is 0 Å². The minimum atomic E-state index is -0.363. The molecule has 2 rings (SSSR count). The van der Waals surface area contributed by atoms with E-state index in [1.54, 1.807) is 12.3 Å². The molecule has 1 heterocycles. The summed E-state index contributed by atoms with van der Waals surface area (Å²) in [6.45, 7) is 0.579. The third-order valence-corrected chi connectivity index (χ3v) is 3.06. The topological polar surface area (TPSA) is 42.4 Å². The van der Waals surface area contributed by atoms with E-state index >= 15 is 0 Å². The molecule has 17 heavy (non-hydrogen) atoms. The predicted molar refractivity (Wildman–Crippen MR) is 69.3 cm³/mol. The third kappa shape index (κ3) is 2.61. The van der Waals surface area contributed by atoms with Gasteiger partial charge in [-0.1, -0.05) is 0 Å². The van der Waals surface area contributed by atoms with Crippen molar-refractivity contribution in [1.82, 2.24) is 0 Å². The molecule has 0 fully saturated rings. The van der Waals surface area contributed by atoms with Gasteiger partial charge in [-0.3, -0.25) is 0 Å². The molecule has 5 heteroatoms. The Kier molecular flexibility index (Phi) is 3.38. The third-order valence-electron chi connectivity index (χ3n) is 2.45. The zero-order chi connectivity index (χ0) is 12.4. The molecule has 0 aliphatic heterocycles. The van der Waals surface area contributed by atoms with Crippen molar-refractivity contribution in [2.24, 2.45) is 0 Å². The quantitative estimate of drug-likeness (QED) is 0.883. The Bertz CT molecular complexity index is 513. The lowest BCUT2D eigenvalue weighted by Gasteiger charge is -2.20. The summed E-state index contributed by atoms with van der Waals surface area (Å²) in [4.78, 5) is 1.90. The van der Waals surface area contributed by atoms with Crippen molar-refractivity contribution in [2.45, 2.75) is 6.54 Å². The molecule has 1 aromatic carbocycles. The molecule has 0 aliphatic rings. The summed E-state index contributed by atoms with van der Waals surface area (Å²) in [5.74, 6) is 0.463. The van der Waals surface area contributed by atoms with Crippen LogP contribution in [0.4, 0.5) is 15.8 Å². The van der Waals surface area contributed by atoms with E-state index in [0.717, 1.165) is 11.4 Å². The summed E-state index contributed by atoms with van der Waals surface area (Å²) in [6.07, 6.45) is 1.62. The molecule has 0 amide bonds. The number of hydrogen-bond acceptors (Lipinski definition) is 3. The van der Waals surface area contributed by atoms with E-state index in [1.807, 2.05) is 24.1 Å². The molecule has 0 spiro atoms. The molecule has 0 saturated heterocycles. The van der Waals surface area contributed by atoms with Crippen LogP contribution in [-0.2, 0) is 6.54 Å². The normalized spacial score (nSPS) is 10.5. The van der Waals surface area contributed by atoms with Gasteiger partial charge < -0.3 is 15.1 Å². The van der Waals surface area contributed by atoms with Crippen molar-refractivity contribution in [1.29, 1.82) is 0 Å². The molecule has 3 nitrogen and oxygen atoms in total. The number of halogens is 2. The number of nitrogens with zero attached hydrogens (tertiary/aromatic N) is 1. The smallest absolute Gasteiger partial charge is 0.139 e. The summed E-state index contributed by atoms with van der Waals surface area (Å²) in [5, 5.41) is 0. The first-order valence-corrected chi connectivity index (χ1v) is 5.85. The van der Waals surface area contributed by atoms with E-state index in [2.05, 4.69) is 15.9 Å². The summed E-state index contributed by atoms with van der Waals surface area (Å²) in [5.41, 5.74) is 6.95. The van der Waals surface area contributed by atoms with E-state index < -0.39 is 0 Å². The summed E-state index contributed by atoms with van der Waals surface area (Å²) < 4.78 is 18.9. The van der Waals surface area contributed by atoms with Gasteiger partial charge in [-0.15, -0.1) is 0 Å². The number of anilines is 2. The second-order valence-corrected chi connectivity index (χ2v) is 4.61. The van der Waals surface area contributed by atoms with Gasteiger partial charge in [0.2, 0.25) is 0 Å². The predicted octanol–water partition coefficient (Wildman–Crippen LogP) is 3.40. The van der Waals surface area contributed by atoms with Crippen LogP contribution in [0.25, 0.3) is 0 Å². The summed E-state index contributed by atoms with van der Waals surface area (Å²) >= 11 is 3.15. The molecular weight excluding hydrogens is 287 g/mol. The van der Waals surface area contributed by atoms with Crippen molar-refractivity contribution < 1.29 is 8.81 Å². The van der Waals surface area contributed by atoms with E-state index in [1.165, 1.54) is 6.07 Å². The Morgan fingerprint density at radius 3 is 2.88 bits per heavy atom. The Morgan fingerprint density at radius 1 is 1.47 bits per heavy atom. The lowest BCUT2D eigenvalue weighted by atomic mass is 10.2. The fourth-order valence-corrected chi connectivity index (χ4v) is 1.94. The Balaban J connectivity index is 2.24. The molecule has 2 N–H and O–H groups in total. The maximum absolute atomic E-state index is 13.2. The van der Waals surface area contributed by atoms with Crippen LogP contribution in [0.15, 0.2) is 39.4 Å². The average Bonchev–Trinajstić information content (AvgIpc) is 2.76. The summed E-state index contributed by atoms with van der Waals surface area (Å²) in [6, 6.07) is 6.67. The Labute approximate surface area is 107 Å². The lowest BCUT2D eigenvalue weighted by molar-refractivity contribution is 0.507. The first-order chi connectivity index (χ1) is 8.08. The number of benzene rings is 1. The highest BCUT2D eigenvalue weighted by atomic mass is 79.9. The maximum Gasteiger partial charge on any atom is 0.139 e. The fourth-order valence-electron chi connectivity index (χ4n) is 1.60. The number of nitrogen functional groups attached to an aromatic ring is 1. The minimum absolute atomic E-state index is 0.363. The molecule has 0 unspecified atom stereocenters. The first kappa shape index (κ1) is 12.0. The SMILES string of the molecule is CN(Cc1ccco1)c1cc(Br)c(F)cc1N. The molecule has 2 aromatic rings. The van der Waals surface area contributed by atoms with Crippen LogP contribution in [-0.4, -0.2) is 7.05 Å². The Hall–Kier alpha value is -1.49. The van der Waals surface area contributed by atoms with Crippen LogP contribution in [0.1, 0.15) is 5.76 Å². The second-order valence-electron chi connectivity index (χ2n) is 3.76. The molecule has 1 aromatic heterocycles. The van der Waals surface area contributed by atoms with Crippen molar-refractivity contribution in [3.63, 3.8) is 0 Å². The minimum Gasteiger partial charge on any atom is -0.467 e. The van der Waals surface area contributed by atoms with Crippen molar-refractivity contribution >= 4 is 27.3 Å². The molecular formula is C12H12BrFN2O. The molecule has 0 radical (unpaired) electrons. The van der Waals surface area contributed by atoms with Crippen LogP contribution >= 0.6 is 15.9 Å². The first-order valence-electron chi connectivity index (χ1n) is 5.06. The van der Waals surface area contributed by atoms with Crippen LogP contribution < -0.4 is 10.6 Å². The van der Waals surface area contributed by atoms with Gasteiger partial charge in [-0.05, 0) is 34.1 Å². The van der Waals surface area contributed by atoms with Gasteiger partial charge in [-0.2, -0.15) is 0 Å². The average molecular weight is 299 g/mol. The highest BCUT2D eigenvalue weighted by Crippen LogP contribution is 2.29. The number of hydrogen-bond donors (Lipinski definition) is 1. The van der Waals surface area contributed by atoms with Gasteiger partial charge in [0.1, 0.15) is 11.6 Å². The summed E-state index contributed by atoms with van der Waals surface area (Å²) in [7, 11) is 1.87. The van der Waals surface area contributed by atoms with Crippen molar-refractivity contribution in [3.05, 3.63) is 46.6 Å². The zero-order valence-electron chi connectivity index (χ0n) is 9.28. The van der Waals surface area contributed by atoms with Crippen LogP contribution in [0, 0.1) is 5.82 Å². The highest BCUT2D eigenvalue weighted by Gasteiger charge is 2.11. The Morgan fingerprint density at radius 2 is 2.24 bits per heavy atom. The van der Waals surface area contributed by atoms with E-state index in [9.17, 15) is 4.39 Å². The van der Waals surface area contributed by atoms with Crippen molar-refractivity contribution in [3.8, 4) is 0 Å². The zero-order valence-corrected chi connectivity index (χ0v) is 10.9. The van der Waals surface area contributed by atoms with Gasteiger partial charge in [0.05, 0.1) is 28.7 Å². The highest BCUT2D eigenvalue weighted by molar-refractivity contribution is 9.10. The van der Waals surface area contributed by atoms with E-state index in [4.69, 9.17) is 10.2 Å². The number of furan rings is 1. The van der Waals surface area contributed by atoms with Gasteiger partial charge in [0.15, 0.2) is 0 Å². The van der Waals surface area contributed by atoms with Gasteiger partial charge >= 0.3 is 0 Å². The molecule has 90 valence electrons. The number of rotatable bonds is 3. The fraction of sp³-hybridized carbons (Fsp3) is 0.167. The van der Waals surface area contributed by atoms with Gasteiger partial charge in [0.25, 0.3) is 0 Å². The van der Waals surface area contributed by atoms with E-state index in [-0.39, 0.29) is 5.82 Å². The molecule has 0 bridgehead atoms. The maximum atomic E-state index is 13.2.